The highest BCUT2D eigenvalue weighted by Gasteiger charge is 2.26. The van der Waals surface area contributed by atoms with Gasteiger partial charge >= 0.3 is 0 Å². The summed E-state index contributed by atoms with van der Waals surface area (Å²) in [6.07, 6.45) is 4.43. The SMILES string of the molecule is O=C(c1cc(I)ccc1Br)N1CCCCCC1CCl. The number of alkyl halides is 1. The van der Waals surface area contributed by atoms with Gasteiger partial charge in [0.25, 0.3) is 5.91 Å². The second-order valence-corrected chi connectivity index (χ2v) is 7.19. The van der Waals surface area contributed by atoms with Crippen molar-refractivity contribution in [2.24, 2.45) is 0 Å². The molecule has 104 valence electrons. The first-order valence-electron chi connectivity index (χ1n) is 6.45. The summed E-state index contributed by atoms with van der Waals surface area (Å²) in [6, 6.07) is 6.02. The van der Waals surface area contributed by atoms with Gasteiger partial charge < -0.3 is 4.90 Å². The molecule has 1 aromatic rings. The van der Waals surface area contributed by atoms with Crippen molar-refractivity contribution in [2.45, 2.75) is 31.7 Å². The Morgan fingerprint density at radius 3 is 2.95 bits per heavy atom. The van der Waals surface area contributed by atoms with Crippen molar-refractivity contribution >= 4 is 56.0 Å². The smallest absolute Gasteiger partial charge is 0.255 e. The average Bonchev–Trinajstić information content (AvgIpc) is 2.65. The van der Waals surface area contributed by atoms with E-state index in [1.165, 1.54) is 6.42 Å². The lowest BCUT2D eigenvalue weighted by Crippen LogP contribution is -2.41. The van der Waals surface area contributed by atoms with Gasteiger partial charge in [-0.1, -0.05) is 12.8 Å². The predicted molar refractivity (Wildman–Crippen MR) is 90.9 cm³/mol. The lowest BCUT2D eigenvalue weighted by atomic mass is 10.1. The number of likely N-dealkylation sites (tertiary alicyclic amines) is 1. The van der Waals surface area contributed by atoms with E-state index in [-0.39, 0.29) is 11.9 Å². The maximum atomic E-state index is 12.7. The summed E-state index contributed by atoms with van der Waals surface area (Å²) in [4.78, 5) is 14.7. The minimum atomic E-state index is 0.0953. The van der Waals surface area contributed by atoms with Gasteiger partial charge in [0.15, 0.2) is 0 Å². The van der Waals surface area contributed by atoms with E-state index in [2.05, 4.69) is 38.5 Å². The molecule has 19 heavy (non-hydrogen) atoms. The van der Waals surface area contributed by atoms with Gasteiger partial charge in [-0.05, 0) is 69.6 Å². The van der Waals surface area contributed by atoms with E-state index in [9.17, 15) is 4.79 Å². The van der Waals surface area contributed by atoms with Crippen molar-refractivity contribution in [2.75, 3.05) is 12.4 Å². The van der Waals surface area contributed by atoms with Gasteiger partial charge in [-0.25, -0.2) is 0 Å². The maximum Gasteiger partial charge on any atom is 0.255 e. The molecule has 1 unspecified atom stereocenters. The lowest BCUT2D eigenvalue weighted by molar-refractivity contribution is 0.0699. The molecule has 1 saturated heterocycles. The number of hydrogen-bond donors (Lipinski definition) is 0. The summed E-state index contributed by atoms with van der Waals surface area (Å²) in [6.45, 7) is 0.814. The number of carbonyl (C=O) groups excluding carboxylic acids is 1. The van der Waals surface area contributed by atoms with E-state index in [0.29, 0.717) is 5.88 Å². The Morgan fingerprint density at radius 2 is 2.21 bits per heavy atom. The summed E-state index contributed by atoms with van der Waals surface area (Å²) >= 11 is 11.7. The second kappa shape index (κ2) is 7.27. The van der Waals surface area contributed by atoms with E-state index in [0.717, 1.165) is 39.4 Å². The fourth-order valence-corrected chi connectivity index (χ4v) is 3.65. The Labute approximate surface area is 141 Å². The van der Waals surface area contributed by atoms with Gasteiger partial charge in [0.05, 0.1) is 5.56 Å². The van der Waals surface area contributed by atoms with Crippen LogP contribution in [0.5, 0.6) is 0 Å². The van der Waals surface area contributed by atoms with Gasteiger partial charge in [-0.15, -0.1) is 11.6 Å². The van der Waals surface area contributed by atoms with Crippen LogP contribution in [0.4, 0.5) is 0 Å². The molecule has 0 aromatic heterocycles. The number of halogens is 3. The highest BCUT2D eigenvalue weighted by Crippen LogP contribution is 2.25. The van der Waals surface area contributed by atoms with Crippen LogP contribution in [0.25, 0.3) is 0 Å². The van der Waals surface area contributed by atoms with Gasteiger partial charge in [-0.2, -0.15) is 0 Å². The number of hydrogen-bond acceptors (Lipinski definition) is 1. The summed E-state index contributed by atoms with van der Waals surface area (Å²) in [5.41, 5.74) is 0.740. The Balaban J connectivity index is 2.27. The number of rotatable bonds is 2. The molecule has 0 radical (unpaired) electrons. The predicted octanol–water partition coefficient (Wildman–Crippen LogP) is 4.68. The standard InChI is InChI=1S/C14H16BrClINO/c15-13-6-5-10(17)8-12(13)14(19)18-7-3-1-2-4-11(18)9-16/h5-6,8,11H,1-4,7,9H2. The van der Waals surface area contributed by atoms with Crippen LogP contribution in [0.2, 0.25) is 0 Å². The van der Waals surface area contributed by atoms with Crippen LogP contribution in [0.3, 0.4) is 0 Å². The molecule has 1 aliphatic heterocycles. The van der Waals surface area contributed by atoms with E-state index >= 15 is 0 Å². The highest BCUT2D eigenvalue weighted by atomic mass is 127. The van der Waals surface area contributed by atoms with Crippen molar-refractivity contribution in [3.05, 3.63) is 31.8 Å². The third kappa shape index (κ3) is 3.85. The Hall–Kier alpha value is 0.190. The molecule has 0 aliphatic carbocycles. The fraction of sp³-hybridized carbons (Fsp3) is 0.500. The van der Waals surface area contributed by atoms with Crippen LogP contribution in [0.15, 0.2) is 22.7 Å². The number of nitrogens with zero attached hydrogens (tertiary/aromatic N) is 1. The fourth-order valence-electron chi connectivity index (χ4n) is 2.42. The van der Waals surface area contributed by atoms with Crippen LogP contribution in [-0.2, 0) is 0 Å². The Morgan fingerprint density at radius 1 is 1.42 bits per heavy atom. The van der Waals surface area contributed by atoms with Crippen molar-refractivity contribution in [3.8, 4) is 0 Å². The Bertz CT molecular complexity index is 469. The zero-order chi connectivity index (χ0) is 13.8. The summed E-state index contributed by atoms with van der Waals surface area (Å²) in [5.74, 6) is 0.616. The third-order valence-corrected chi connectivity index (χ3v) is 5.19. The molecule has 2 nitrogen and oxygen atoms in total. The molecule has 0 spiro atoms. The van der Waals surface area contributed by atoms with E-state index in [1.807, 2.05) is 23.1 Å². The molecule has 0 bridgehead atoms. The van der Waals surface area contributed by atoms with E-state index < -0.39 is 0 Å². The molecule has 0 N–H and O–H groups in total. The minimum absolute atomic E-state index is 0.0953. The topological polar surface area (TPSA) is 20.3 Å². The van der Waals surface area contributed by atoms with Crippen LogP contribution >= 0.6 is 50.1 Å². The van der Waals surface area contributed by atoms with E-state index in [4.69, 9.17) is 11.6 Å². The quantitative estimate of drug-likeness (QED) is 0.468. The van der Waals surface area contributed by atoms with Crippen LogP contribution in [0.1, 0.15) is 36.0 Å². The molecular formula is C14H16BrClINO. The van der Waals surface area contributed by atoms with Gasteiger partial charge in [0.2, 0.25) is 0 Å². The molecule has 1 aliphatic rings. The minimum Gasteiger partial charge on any atom is -0.334 e. The first-order chi connectivity index (χ1) is 9.13. The zero-order valence-corrected chi connectivity index (χ0v) is 15.0. The molecule has 1 fully saturated rings. The largest absolute Gasteiger partial charge is 0.334 e. The molecule has 1 heterocycles. The molecular weight excluding hydrogens is 440 g/mol. The van der Waals surface area contributed by atoms with Crippen LogP contribution in [0, 0.1) is 3.57 Å². The number of carbonyl (C=O) groups is 1. The maximum absolute atomic E-state index is 12.7. The van der Waals surface area contributed by atoms with E-state index in [1.54, 1.807) is 0 Å². The number of amides is 1. The van der Waals surface area contributed by atoms with Crippen molar-refractivity contribution in [1.82, 2.24) is 4.90 Å². The van der Waals surface area contributed by atoms with Crippen molar-refractivity contribution in [3.63, 3.8) is 0 Å². The van der Waals surface area contributed by atoms with Gasteiger partial charge in [0.1, 0.15) is 0 Å². The molecule has 1 aromatic carbocycles. The third-order valence-electron chi connectivity index (χ3n) is 3.47. The second-order valence-electron chi connectivity index (χ2n) is 4.78. The van der Waals surface area contributed by atoms with Crippen molar-refractivity contribution in [1.29, 1.82) is 0 Å². The molecule has 1 amide bonds. The molecule has 2 rings (SSSR count). The molecule has 5 heteroatoms. The summed E-state index contributed by atoms with van der Waals surface area (Å²) in [7, 11) is 0. The monoisotopic (exact) mass is 455 g/mol. The van der Waals surface area contributed by atoms with Crippen molar-refractivity contribution < 1.29 is 4.79 Å². The van der Waals surface area contributed by atoms with Gasteiger partial charge in [0, 0.05) is 26.5 Å². The Kier molecular flexibility index (Phi) is 5.96. The normalized spacial score (nSPS) is 20.2. The molecule has 0 saturated carbocycles. The first kappa shape index (κ1) is 15.6. The lowest BCUT2D eigenvalue weighted by Gasteiger charge is -2.29. The van der Waals surface area contributed by atoms with Crippen LogP contribution < -0.4 is 0 Å². The molecule has 1 atom stereocenters. The summed E-state index contributed by atoms with van der Waals surface area (Å²) in [5, 5.41) is 0. The summed E-state index contributed by atoms with van der Waals surface area (Å²) < 4.78 is 1.93. The van der Waals surface area contributed by atoms with Gasteiger partial charge in [-0.3, -0.25) is 4.79 Å². The first-order valence-corrected chi connectivity index (χ1v) is 8.86. The zero-order valence-electron chi connectivity index (χ0n) is 10.5. The number of benzene rings is 1. The highest BCUT2D eigenvalue weighted by molar-refractivity contribution is 14.1. The van der Waals surface area contributed by atoms with Crippen LogP contribution in [-0.4, -0.2) is 29.3 Å². The average molecular weight is 457 g/mol.